The van der Waals surface area contributed by atoms with Gasteiger partial charge in [0.25, 0.3) is 5.91 Å². The SMILES string of the molecule is CCOc1cccc(C2c3c(oc4ccc(Br)cc4c3=O)C(=O)N2Cc2ccc(C)cc2)c1. The average Bonchev–Trinajstić information content (AvgIpc) is 3.08. The van der Waals surface area contributed by atoms with Crippen molar-refractivity contribution in [3.8, 4) is 5.75 Å². The first-order valence-corrected chi connectivity index (χ1v) is 11.6. The maximum atomic E-state index is 13.7. The topological polar surface area (TPSA) is 59.8 Å². The van der Waals surface area contributed by atoms with Gasteiger partial charge in [-0.3, -0.25) is 9.59 Å². The van der Waals surface area contributed by atoms with Crippen LogP contribution < -0.4 is 10.2 Å². The molecule has 4 aromatic rings. The van der Waals surface area contributed by atoms with E-state index in [4.69, 9.17) is 9.15 Å². The van der Waals surface area contributed by atoms with E-state index in [-0.39, 0.29) is 17.1 Å². The zero-order chi connectivity index (χ0) is 23.1. The van der Waals surface area contributed by atoms with Gasteiger partial charge >= 0.3 is 0 Å². The van der Waals surface area contributed by atoms with E-state index in [1.807, 2.05) is 62.4 Å². The van der Waals surface area contributed by atoms with Crippen LogP contribution in [0.3, 0.4) is 0 Å². The molecular weight excluding hydrogens is 482 g/mol. The molecular formula is C27H22BrNO4. The lowest BCUT2D eigenvalue weighted by Crippen LogP contribution is -2.29. The first-order valence-electron chi connectivity index (χ1n) is 10.8. The van der Waals surface area contributed by atoms with Crippen LogP contribution in [0.5, 0.6) is 5.75 Å². The van der Waals surface area contributed by atoms with Gasteiger partial charge in [0.15, 0.2) is 5.43 Å². The minimum atomic E-state index is -0.575. The van der Waals surface area contributed by atoms with Crippen LogP contribution in [-0.2, 0) is 6.54 Å². The molecule has 1 unspecified atom stereocenters. The van der Waals surface area contributed by atoms with E-state index in [9.17, 15) is 9.59 Å². The molecule has 5 nitrogen and oxygen atoms in total. The number of carbonyl (C=O) groups is 1. The van der Waals surface area contributed by atoms with Crippen molar-refractivity contribution in [2.24, 2.45) is 0 Å². The van der Waals surface area contributed by atoms with Crippen molar-refractivity contribution in [2.45, 2.75) is 26.4 Å². The Morgan fingerprint density at radius 3 is 2.58 bits per heavy atom. The molecule has 2 heterocycles. The summed E-state index contributed by atoms with van der Waals surface area (Å²) in [5.41, 5.74) is 3.50. The third-order valence-electron chi connectivity index (χ3n) is 5.89. The molecule has 0 saturated heterocycles. The van der Waals surface area contributed by atoms with Crippen LogP contribution in [-0.4, -0.2) is 17.4 Å². The summed E-state index contributed by atoms with van der Waals surface area (Å²) in [4.78, 5) is 28.9. The van der Waals surface area contributed by atoms with E-state index >= 15 is 0 Å². The molecule has 1 atom stereocenters. The zero-order valence-electron chi connectivity index (χ0n) is 18.3. The molecule has 33 heavy (non-hydrogen) atoms. The number of rotatable bonds is 5. The molecule has 0 saturated carbocycles. The summed E-state index contributed by atoms with van der Waals surface area (Å²) >= 11 is 3.43. The summed E-state index contributed by atoms with van der Waals surface area (Å²) in [6, 6.07) is 20.3. The lowest BCUT2D eigenvalue weighted by molar-refractivity contribution is 0.0714. The molecule has 5 rings (SSSR count). The van der Waals surface area contributed by atoms with Gasteiger partial charge < -0.3 is 14.1 Å². The lowest BCUT2D eigenvalue weighted by Gasteiger charge is -2.25. The summed E-state index contributed by atoms with van der Waals surface area (Å²) in [5.74, 6) is 0.507. The third kappa shape index (κ3) is 3.85. The Morgan fingerprint density at radius 2 is 1.82 bits per heavy atom. The molecule has 1 amide bonds. The number of benzene rings is 3. The molecule has 0 fully saturated rings. The molecule has 1 aliphatic rings. The molecule has 1 aromatic heterocycles. The number of hydrogen-bond donors (Lipinski definition) is 0. The fourth-order valence-electron chi connectivity index (χ4n) is 4.33. The van der Waals surface area contributed by atoms with Crippen molar-refractivity contribution >= 4 is 32.8 Å². The van der Waals surface area contributed by atoms with Crippen LogP contribution in [0.15, 0.2) is 80.4 Å². The monoisotopic (exact) mass is 503 g/mol. The summed E-state index contributed by atoms with van der Waals surface area (Å²) in [7, 11) is 0. The van der Waals surface area contributed by atoms with Crippen molar-refractivity contribution in [3.63, 3.8) is 0 Å². The summed E-state index contributed by atoms with van der Waals surface area (Å²) in [6.07, 6.45) is 0. The van der Waals surface area contributed by atoms with Gasteiger partial charge in [0, 0.05) is 11.0 Å². The molecule has 166 valence electrons. The number of halogens is 1. The van der Waals surface area contributed by atoms with E-state index in [0.29, 0.717) is 35.4 Å². The fraction of sp³-hybridized carbons (Fsp3) is 0.185. The Kier molecular flexibility index (Phi) is 5.54. The molecule has 0 radical (unpaired) electrons. The number of amides is 1. The highest BCUT2D eigenvalue weighted by atomic mass is 79.9. The van der Waals surface area contributed by atoms with Crippen LogP contribution in [0, 0.1) is 6.92 Å². The first-order chi connectivity index (χ1) is 16.0. The van der Waals surface area contributed by atoms with Crippen molar-refractivity contribution in [2.75, 3.05) is 6.61 Å². The number of fused-ring (bicyclic) bond motifs is 2. The standard InChI is InChI=1S/C27H22BrNO4/c1-3-32-20-6-4-5-18(13-20)24-23-25(30)21-14-19(28)11-12-22(21)33-26(23)27(31)29(24)15-17-9-7-16(2)8-10-17/h4-14,24H,3,15H2,1-2H3. The van der Waals surface area contributed by atoms with Gasteiger partial charge in [-0.15, -0.1) is 0 Å². The Morgan fingerprint density at radius 1 is 1.03 bits per heavy atom. The minimum Gasteiger partial charge on any atom is -0.494 e. The van der Waals surface area contributed by atoms with Crippen LogP contribution in [0.25, 0.3) is 11.0 Å². The van der Waals surface area contributed by atoms with Gasteiger partial charge in [0.2, 0.25) is 5.76 Å². The molecule has 0 bridgehead atoms. The van der Waals surface area contributed by atoms with Gasteiger partial charge in [-0.05, 0) is 55.3 Å². The number of hydrogen-bond acceptors (Lipinski definition) is 4. The van der Waals surface area contributed by atoms with Crippen molar-refractivity contribution in [3.05, 3.63) is 109 Å². The number of ether oxygens (including phenoxy) is 1. The molecule has 0 N–H and O–H groups in total. The summed E-state index contributed by atoms with van der Waals surface area (Å²) in [6.45, 7) is 4.82. The number of nitrogens with zero attached hydrogens (tertiary/aromatic N) is 1. The molecule has 6 heteroatoms. The molecule has 0 aliphatic carbocycles. The number of carbonyl (C=O) groups excluding carboxylic acids is 1. The third-order valence-corrected chi connectivity index (χ3v) is 6.38. The Labute approximate surface area is 199 Å². The Balaban J connectivity index is 1.71. The van der Waals surface area contributed by atoms with Gasteiger partial charge in [0.05, 0.1) is 23.6 Å². The average molecular weight is 504 g/mol. The van der Waals surface area contributed by atoms with Crippen molar-refractivity contribution in [1.82, 2.24) is 4.90 Å². The van der Waals surface area contributed by atoms with Crippen molar-refractivity contribution < 1.29 is 13.9 Å². The van der Waals surface area contributed by atoms with E-state index in [2.05, 4.69) is 15.9 Å². The van der Waals surface area contributed by atoms with Crippen molar-refractivity contribution in [1.29, 1.82) is 0 Å². The van der Waals surface area contributed by atoms with Gasteiger partial charge in [0.1, 0.15) is 11.3 Å². The maximum Gasteiger partial charge on any atom is 0.291 e. The molecule has 1 aliphatic heterocycles. The summed E-state index contributed by atoms with van der Waals surface area (Å²) in [5, 5.41) is 0.444. The first kappa shape index (κ1) is 21.5. The Bertz CT molecular complexity index is 1420. The predicted molar refractivity (Wildman–Crippen MR) is 131 cm³/mol. The van der Waals surface area contributed by atoms with Crippen LogP contribution in [0.4, 0.5) is 0 Å². The van der Waals surface area contributed by atoms with Gasteiger partial charge in [-0.25, -0.2) is 0 Å². The highest BCUT2D eigenvalue weighted by molar-refractivity contribution is 9.10. The van der Waals surface area contributed by atoms with E-state index in [1.54, 1.807) is 23.1 Å². The highest BCUT2D eigenvalue weighted by Gasteiger charge is 2.42. The van der Waals surface area contributed by atoms with E-state index in [1.165, 1.54) is 0 Å². The quantitative estimate of drug-likeness (QED) is 0.334. The van der Waals surface area contributed by atoms with Crippen LogP contribution in [0.1, 0.15) is 45.8 Å². The maximum absolute atomic E-state index is 13.7. The van der Waals surface area contributed by atoms with Crippen LogP contribution in [0.2, 0.25) is 0 Å². The number of aryl methyl sites for hydroxylation is 1. The second-order valence-electron chi connectivity index (χ2n) is 8.14. The van der Waals surface area contributed by atoms with Gasteiger partial charge in [-0.2, -0.15) is 0 Å². The lowest BCUT2D eigenvalue weighted by atomic mass is 9.98. The zero-order valence-corrected chi connectivity index (χ0v) is 19.9. The smallest absolute Gasteiger partial charge is 0.291 e. The second-order valence-corrected chi connectivity index (χ2v) is 9.06. The molecule has 3 aromatic carbocycles. The van der Waals surface area contributed by atoms with Crippen LogP contribution >= 0.6 is 15.9 Å². The molecule has 0 spiro atoms. The second kappa shape index (κ2) is 8.52. The van der Waals surface area contributed by atoms with Gasteiger partial charge in [-0.1, -0.05) is 57.9 Å². The predicted octanol–water partition coefficient (Wildman–Crippen LogP) is 6.01. The highest BCUT2D eigenvalue weighted by Crippen LogP contribution is 2.40. The van der Waals surface area contributed by atoms with E-state index < -0.39 is 6.04 Å². The Hall–Kier alpha value is -3.38. The summed E-state index contributed by atoms with van der Waals surface area (Å²) < 4.78 is 12.5. The van der Waals surface area contributed by atoms with E-state index in [0.717, 1.165) is 21.2 Å². The normalized spacial score (nSPS) is 15.2. The minimum absolute atomic E-state index is 0.105. The fourth-order valence-corrected chi connectivity index (χ4v) is 4.69. The largest absolute Gasteiger partial charge is 0.494 e.